The number of hydrogen-bond donors (Lipinski definition) is 1. The molecule has 0 aliphatic carbocycles. The summed E-state index contributed by atoms with van der Waals surface area (Å²) in [5, 5.41) is 2.88. The van der Waals surface area contributed by atoms with Crippen molar-refractivity contribution >= 4 is 5.91 Å². The fraction of sp³-hybridized carbons (Fsp3) is 0.316. The fourth-order valence-corrected chi connectivity index (χ4v) is 2.75. The maximum absolute atomic E-state index is 13.4. The highest BCUT2D eigenvalue weighted by atomic mass is 19.2. The SMILES string of the molecule is CC(C)C(NC(=O)c1ccc(F)c(F)c1)c1ccc2c(c1)OCCO2. The van der Waals surface area contributed by atoms with Gasteiger partial charge >= 0.3 is 0 Å². The first-order valence-corrected chi connectivity index (χ1v) is 8.11. The van der Waals surface area contributed by atoms with Gasteiger partial charge in [0.1, 0.15) is 13.2 Å². The van der Waals surface area contributed by atoms with Gasteiger partial charge in [-0.15, -0.1) is 0 Å². The number of halogens is 2. The topological polar surface area (TPSA) is 47.6 Å². The normalized spacial score (nSPS) is 14.3. The number of fused-ring (bicyclic) bond motifs is 1. The molecule has 2 aromatic rings. The average Bonchev–Trinajstić information content (AvgIpc) is 2.61. The summed E-state index contributed by atoms with van der Waals surface area (Å²) >= 11 is 0. The third kappa shape index (κ3) is 3.73. The van der Waals surface area contributed by atoms with Crippen LogP contribution in [0.3, 0.4) is 0 Å². The lowest BCUT2D eigenvalue weighted by atomic mass is 9.95. The van der Waals surface area contributed by atoms with E-state index in [2.05, 4.69) is 5.32 Å². The standard InChI is InChI=1S/C19H19F2NO3/c1-11(2)18(12-4-6-16-17(10-12)25-8-7-24-16)22-19(23)13-3-5-14(20)15(21)9-13/h3-6,9-11,18H,7-8H2,1-2H3,(H,22,23). The minimum Gasteiger partial charge on any atom is -0.486 e. The molecule has 25 heavy (non-hydrogen) atoms. The maximum atomic E-state index is 13.4. The number of nitrogens with one attached hydrogen (secondary N) is 1. The molecule has 1 atom stereocenters. The Hall–Kier alpha value is -2.63. The quantitative estimate of drug-likeness (QED) is 0.913. The molecule has 2 aromatic carbocycles. The summed E-state index contributed by atoms with van der Waals surface area (Å²) in [5.74, 6) is -1.11. The Morgan fingerprint density at radius 2 is 1.72 bits per heavy atom. The van der Waals surface area contributed by atoms with E-state index in [1.807, 2.05) is 32.0 Å². The van der Waals surface area contributed by atoms with Gasteiger partial charge in [0.25, 0.3) is 5.91 Å². The summed E-state index contributed by atoms with van der Waals surface area (Å²) in [4.78, 5) is 12.4. The van der Waals surface area contributed by atoms with Crippen LogP contribution in [0.1, 0.15) is 35.8 Å². The van der Waals surface area contributed by atoms with Crippen molar-refractivity contribution in [3.8, 4) is 11.5 Å². The third-order valence-corrected chi connectivity index (χ3v) is 4.06. The third-order valence-electron chi connectivity index (χ3n) is 4.06. The van der Waals surface area contributed by atoms with Gasteiger partial charge in [-0.3, -0.25) is 4.79 Å². The highest BCUT2D eigenvalue weighted by Crippen LogP contribution is 2.34. The van der Waals surface area contributed by atoms with Gasteiger partial charge in [0.05, 0.1) is 6.04 Å². The molecule has 0 aromatic heterocycles. The van der Waals surface area contributed by atoms with Gasteiger partial charge < -0.3 is 14.8 Å². The van der Waals surface area contributed by atoms with E-state index in [1.54, 1.807) is 0 Å². The molecule has 0 saturated carbocycles. The Kier molecular flexibility index (Phi) is 4.88. The summed E-state index contributed by atoms with van der Waals surface area (Å²) in [6.45, 7) is 4.91. The smallest absolute Gasteiger partial charge is 0.251 e. The minimum atomic E-state index is -1.05. The lowest BCUT2D eigenvalue weighted by Gasteiger charge is -2.25. The Morgan fingerprint density at radius 3 is 2.40 bits per heavy atom. The molecule has 132 valence electrons. The molecule has 0 spiro atoms. The van der Waals surface area contributed by atoms with Gasteiger partial charge in [0.15, 0.2) is 23.1 Å². The second kappa shape index (κ2) is 7.09. The number of carbonyl (C=O) groups excluding carboxylic acids is 1. The van der Waals surface area contributed by atoms with E-state index in [-0.39, 0.29) is 17.5 Å². The Morgan fingerprint density at radius 1 is 1.00 bits per heavy atom. The Balaban J connectivity index is 1.84. The van der Waals surface area contributed by atoms with Gasteiger partial charge in [-0.05, 0) is 41.8 Å². The first-order valence-electron chi connectivity index (χ1n) is 8.11. The summed E-state index contributed by atoms with van der Waals surface area (Å²) in [5.41, 5.74) is 0.928. The van der Waals surface area contributed by atoms with Crippen molar-refractivity contribution in [2.24, 2.45) is 5.92 Å². The number of amides is 1. The van der Waals surface area contributed by atoms with E-state index in [1.165, 1.54) is 6.07 Å². The van der Waals surface area contributed by atoms with Crippen molar-refractivity contribution < 1.29 is 23.0 Å². The molecule has 1 N–H and O–H groups in total. The molecule has 0 saturated heterocycles. The summed E-state index contributed by atoms with van der Waals surface area (Å²) in [6, 6.07) is 8.30. The first-order chi connectivity index (χ1) is 12.0. The zero-order valence-corrected chi connectivity index (χ0v) is 14.0. The zero-order valence-electron chi connectivity index (χ0n) is 14.0. The molecule has 3 rings (SSSR count). The molecule has 1 amide bonds. The molecule has 0 radical (unpaired) electrons. The maximum Gasteiger partial charge on any atom is 0.251 e. The molecule has 0 bridgehead atoms. The minimum absolute atomic E-state index is 0.0714. The largest absolute Gasteiger partial charge is 0.486 e. The van der Waals surface area contributed by atoms with Gasteiger partial charge in [-0.1, -0.05) is 19.9 Å². The number of hydrogen-bond acceptors (Lipinski definition) is 3. The zero-order chi connectivity index (χ0) is 18.0. The van der Waals surface area contributed by atoms with Crippen molar-refractivity contribution in [3.63, 3.8) is 0 Å². The molecular weight excluding hydrogens is 328 g/mol. The number of rotatable bonds is 4. The molecule has 1 aliphatic rings. The van der Waals surface area contributed by atoms with Crippen LogP contribution in [0, 0.1) is 17.6 Å². The van der Waals surface area contributed by atoms with Crippen molar-refractivity contribution in [2.75, 3.05) is 13.2 Å². The van der Waals surface area contributed by atoms with E-state index >= 15 is 0 Å². The van der Waals surface area contributed by atoms with E-state index in [0.717, 1.165) is 17.7 Å². The summed E-state index contributed by atoms with van der Waals surface area (Å²) < 4.78 is 37.5. The molecule has 1 heterocycles. The van der Waals surface area contributed by atoms with Gasteiger partial charge in [-0.25, -0.2) is 8.78 Å². The first kappa shape index (κ1) is 17.2. The molecule has 6 heteroatoms. The molecule has 1 unspecified atom stereocenters. The Labute approximate surface area is 144 Å². The van der Waals surface area contributed by atoms with Crippen LogP contribution in [-0.4, -0.2) is 19.1 Å². The monoisotopic (exact) mass is 347 g/mol. The van der Waals surface area contributed by atoms with E-state index in [0.29, 0.717) is 24.7 Å². The van der Waals surface area contributed by atoms with Crippen LogP contribution in [0.15, 0.2) is 36.4 Å². The van der Waals surface area contributed by atoms with Crippen LogP contribution >= 0.6 is 0 Å². The van der Waals surface area contributed by atoms with E-state index < -0.39 is 17.5 Å². The predicted octanol–water partition coefficient (Wildman–Crippen LogP) is 3.86. The van der Waals surface area contributed by atoms with E-state index in [4.69, 9.17) is 9.47 Å². The van der Waals surface area contributed by atoms with Crippen LogP contribution in [0.2, 0.25) is 0 Å². The van der Waals surface area contributed by atoms with Crippen LogP contribution in [0.5, 0.6) is 11.5 Å². The average molecular weight is 347 g/mol. The fourth-order valence-electron chi connectivity index (χ4n) is 2.75. The molecular formula is C19H19F2NO3. The second-order valence-corrected chi connectivity index (χ2v) is 6.23. The van der Waals surface area contributed by atoms with Gasteiger partial charge in [0, 0.05) is 5.56 Å². The van der Waals surface area contributed by atoms with E-state index in [9.17, 15) is 13.6 Å². The molecule has 4 nitrogen and oxygen atoms in total. The second-order valence-electron chi connectivity index (χ2n) is 6.23. The van der Waals surface area contributed by atoms with Crippen molar-refractivity contribution in [3.05, 3.63) is 59.2 Å². The van der Waals surface area contributed by atoms with Crippen molar-refractivity contribution in [2.45, 2.75) is 19.9 Å². The van der Waals surface area contributed by atoms with Crippen LogP contribution < -0.4 is 14.8 Å². The van der Waals surface area contributed by atoms with Crippen LogP contribution in [0.25, 0.3) is 0 Å². The summed E-state index contributed by atoms with van der Waals surface area (Å²) in [7, 11) is 0. The lowest BCUT2D eigenvalue weighted by Crippen LogP contribution is -2.32. The summed E-state index contributed by atoms with van der Waals surface area (Å²) in [6.07, 6.45) is 0. The highest BCUT2D eigenvalue weighted by molar-refractivity contribution is 5.94. The predicted molar refractivity (Wildman–Crippen MR) is 88.8 cm³/mol. The molecule has 1 aliphatic heterocycles. The van der Waals surface area contributed by atoms with Crippen molar-refractivity contribution in [1.29, 1.82) is 0 Å². The number of carbonyl (C=O) groups is 1. The molecule has 0 fully saturated rings. The van der Waals surface area contributed by atoms with Crippen LogP contribution in [-0.2, 0) is 0 Å². The number of ether oxygens (including phenoxy) is 2. The van der Waals surface area contributed by atoms with Crippen LogP contribution in [0.4, 0.5) is 8.78 Å². The number of benzene rings is 2. The van der Waals surface area contributed by atoms with Gasteiger partial charge in [-0.2, -0.15) is 0 Å². The van der Waals surface area contributed by atoms with Gasteiger partial charge in [0.2, 0.25) is 0 Å². The lowest BCUT2D eigenvalue weighted by molar-refractivity contribution is 0.0924. The van der Waals surface area contributed by atoms with Crippen molar-refractivity contribution in [1.82, 2.24) is 5.32 Å². The Bertz CT molecular complexity index is 792. The highest BCUT2D eigenvalue weighted by Gasteiger charge is 2.22.